The summed E-state index contributed by atoms with van der Waals surface area (Å²) in [7, 11) is 0. The number of carbonyl (C=O) groups is 1. The predicted octanol–water partition coefficient (Wildman–Crippen LogP) is 2.77. The molecule has 0 saturated heterocycles. The topological polar surface area (TPSA) is 67.2 Å². The maximum atomic E-state index is 11.6. The minimum absolute atomic E-state index is 0.0294. The molecular formula is C15H31N3O. The van der Waals surface area contributed by atoms with Crippen LogP contribution in [0.15, 0.2) is 0 Å². The summed E-state index contributed by atoms with van der Waals surface area (Å²) in [5.74, 6) is 0.459. The Hall–Kier alpha value is -0.770. The van der Waals surface area contributed by atoms with E-state index in [-0.39, 0.29) is 17.6 Å². The first-order valence-corrected chi connectivity index (χ1v) is 7.76. The molecule has 1 aliphatic carbocycles. The maximum absolute atomic E-state index is 11.6. The van der Waals surface area contributed by atoms with Crippen LogP contribution in [0, 0.1) is 5.92 Å². The van der Waals surface area contributed by atoms with E-state index in [2.05, 4.69) is 24.5 Å². The standard InChI is InChI=1S/C15H31N3O/c1-12(2)13(3)18-14(19)17-11-7-10-15(16)8-5-4-6-9-15/h12-13H,4-11,16H2,1-3H3,(H2,17,18,19). The highest BCUT2D eigenvalue weighted by atomic mass is 16.2. The zero-order valence-corrected chi connectivity index (χ0v) is 12.8. The van der Waals surface area contributed by atoms with Crippen LogP contribution in [0.2, 0.25) is 0 Å². The normalized spacial score (nSPS) is 20.1. The van der Waals surface area contributed by atoms with Gasteiger partial charge in [-0.1, -0.05) is 33.1 Å². The van der Waals surface area contributed by atoms with Gasteiger partial charge in [0.15, 0.2) is 0 Å². The molecule has 0 heterocycles. The summed E-state index contributed by atoms with van der Waals surface area (Å²) >= 11 is 0. The Labute approximate surface area is 117 Å². The highest BCUT2D eigenvalue weighted by molar-refractivity contribution is 5.74. The van der Waals surface area contributed by atoms with E-state index >= 15 is 0 Å². The molecule has 0 radical (unpaired) electrons. The first-order valence-electron chi connectivity index (χ1n) is 7.76. The lowest BCUT2D eigenvalue weighted by molar-refractivity contribution is 0.232. The third-order valence-corrected chi connectivity index (χ3v) is 4.35. The van der Waals surface area contributed by atoms with Crippen LogP contribution in [0.4, 0.5) is 4.79 Å². The lowest BCUT2D eigenvalue weighted by Gasteiger charge is -2.33. The molecule has 19 heavy (non-hydrogen) atoms. The molecule has 0 aromatic heterocycles. The second kappa shape index (κ2) is 7.73. The van der Waals surface area contributed by atoms with Crippen molar-refractivity contribution in [1.82, 2.24) is 10.6 Å². The number of urea groups is 1. The highest BCUT2D eigenvalue weighted by Gasteiger charge is 2.26. The van der Waals surface area contributed by atoms with Gasteiger partial charge in [0.25, 0.3) is 0 Å². The fraction of sp³-hybridized carbons (Fsp3) is 0.933. The highest BCUT2D eigenvalue weighted by Crippen LogP contribution is 2.29. The van der Waals surface area contributed by atoms with Gasteiger partial charge in [0.2, 0.25) is 0 Å². The summed E-state index contributed by atoms with van der Waals surface area (Å²) in [6.07, 6.45) is 8.12. The van der Waals surface area contributed by atoms with Crippen molar-refractivity contribution in [2.75, 3.05) is 6.54 Å². The van der Waals surface area contributed by atoms with Crippen molar-refractivity contribution >= 4 is 6.03 Å². The fourth-order valence-corrected chi connectivity index (χ4v) is 2.57. The summed E-state index contributed by atoms with van der Waals surface area (Å²) in [4.78, 5) is 11.6. The van der Waals surface area contributed by atoms with Crippen molar-refractivity contribution in [3.8, 4) is 0 Å². The first-order chi connectivity index (χ1) is 8.93. The van der Waals surface area contributed by atoms with Crippen molar-refractivity contribution in [3.63, 3.8) is 0 Å². The summed E-state index contributed by atoms with van der Waals surface area (Å²) in [5.41, 5.74) is 6.40. The molecule has 0 bridgehead atoms. The SMILES string of the molecule is CC(C)C(C)NC(=O)NCCCC1(N)CCCCC1. The van der Waals surface area contributed by atoms with E-state index in [1.165, 1.54) is 19.3 Å². The largest absolute Gasteiger partial charge is 0.338 e. The second-order valence-corrected chi connectivity index (χ2v) is 6.46. The Morgan fingerprint density at radius 1 is 1.21 bits per heavy atom. The van der Waals surface area contributed by atoms with Gasteiger partial charge in [-0.15, -0.1) is 0 Å². The molecule has 4 nitrogen and oxygen atoms in total. The van der Waals surface area contributed by atoms with Gasteiger partial charge >= 0.3 is 6.03 Å². The van der Waals surface area contributed by atoms with E-state index in [1.54, 1.807) is 0 Å². The monoisotopic (exact) mass is 269 g/mol. The Morgan fingerprint density at radius 3 is 2.42 bits per heavy atom. The van der Waals surface area contributed by atoms with Gasteiger partial charge in [-0.2, -0.15) is 0 Å². The minimum atomic E-state index is -0.0593. The van der Waals surface area contributed by atoms with E-state index in [0.717, 1.165) is 32.2 Å². The summed E-state index contributed by atoms with van der Waals surface area (Å²) in [6, 6.07) is 0.148. The molecule has 0 spiro atoms. The molecule has 4 heteroatoms. The van der Waals surface area contributed by atoms with Crippen molar-refractivity contribution < 1.29 is 4.79 Å². The zero-order valence-electron chi connectivity index (χ0n) is 12.8. The van der Waals surface area contributed by atoms with E-state index in [9.17, 15) is 4.79 Å². The molecule has 0 aliphatic heterocycles. The van der Waals surface area contributed by atoms with Gasteiger partial charge in [0, 0.05) is 18.1 Å². The van der Waals surface area contributed by atoms with Crippen LogP contribution in [-0.2, 0) is 0 Å². The van der Waals surface area contributed by atoms with E-state index in [1.807, 2.05) is 6.92 Å². The van der Waals surface area contributed by atoms with Crippen LogP contribution < -0.4 is 16.4 Å². The Bertz CT molecular complexity index is 273. The number of hydrogen-bond donors (Lipinski definition) is 3. The second-order valence-electron chi connectivity index (χ2n) is 6.46. The van der Waals surface area contributed by atoms with Gasteiger partial charge in [0.05, 0.1) is 0 Å². The van der Waals surface area contributed by atoms with Crippen LogP contribution in [0.5, 0.6) is 0 Å². The number of amides is 2. The average Bonchev–Trinajstić information content (AvgIpc) is 2.35. The van der Waals surface area contributed by atoms with Crippen molar-refractivity contribution in [2.24, 2.45) is 11.7 Å². The number of carbonyl (C=O) groups excluding carboxylic acids is 1. The first kappa shape index (κ1) is 16.3. The molecule has 1 atom stereocenters. The smallest absolute Gasteiger partial charge is 0.315 e. The van der Waals surface area contributed by atoms with Crippen LogP contribution in [0.3, 0.4) is 0 Å². The number of rotatable bonds is 6. The Kier molecular flexibility index (Phi) is 6.63. The van der Waals surface area contributed by atoms with Gasteiger partial charge in [-0.3, -0.25) is 0 Å². The molecule has 1 saturated carbocycles. The van der Waals surface area contributed by atoms with Crippen LogP contribution >= 0.6 is 0 Å². The molecule has 1 aliphatic rings. The van der Waals surface area contributed by atoms with Gasteiger partial charge in [-0.25, -0.2) is 4.79 Å². The summed E-state index contributed by atoms with van der Waals surface area (Å²) in [5, 5.41) is 5.87. The number of hydrogen-bond acceptors (Lipinski definition) is 2. The predicted molar refractivity (Wildman–Crippen MR) is 80.1 cm³/mol. The number of nitrogens with two attached hydrogens (primary N) is 1. The van der Waals surface area contributed by atoms with Crippen molar-refractivity contribution in [1.29, 1.82) is 0 Å². The molecular weight excluding hydrogens is 238 g/mol. The molecule has 1 unspecified atom stereocenters. The summed E-state index contributed by atoms with van der Waals surface area (Å²) in [6.45, 7) is 6.95. The van der Waals surface area contributed by atoms with E-state index in [0.29, 0.717) is 5.92 Å². The average molecular weight is 269 g/mol. The van der Waals surface area contributed by atoms with E-state index < -0.39 is 0 Å². The van der Waals surface area contributed by atoms with Gasteiger partial charge in [-0.05, 0) is 38.5 Å². The minimum Gasteiger partial charge on any atom is -0.338 e. The lowest BCUT2D eigenvalue weighted by atomic mass is 9.79. The molecule has 4 N–H and O–H groups in total. The van der Waals surface area contributed by atoms with Crippen molar-refractivity contribution in [2.45, 2.75) is 77.3 Å². The number of nitrogens with one attached hydrogen (secondary N) is 2. The lowest BCUT2D eigenvalue weighted by Crippen LogP contribution is -2.44. The Morgan fingerprint density at radius 2 is 1.84 bits per heavy atom. The maximum Gasteiger partial charge on any atom is 0.315 e. The van der Waals surface area contributed by atoms with E-state index in [4.69, 9.17) is 5.73 Å². The van der Waals surface area contributed by atoms with Crippen LogP contribution in [0.1, 0.15) is 65.7 Å². The van der Waals surface area contributed by atoms with Gasteiger partial charge < -0.3 is 16.4 Å². The molecule has 2 amide bonds. The molecule has 0 aromatic rings. The van der Waals surface area contributed by atoms with Crippen LogP contribution in [0.25, 0.3) is 0 Å². The zero-order chi connectivity index (χ0) is 14.3. The summed E-state index contributed by atoms with van der Waals surface area (Å²) < 4.78 is 0. The van der Waals surface area contributed by atoms with Crippen molar-refractivity contribution in [3.05, 3.63) is 0 Å². The van der Waals surface area contributed by atoms with Gasteiger partial charge in [0.1, 0.15) is 0 Å². The fourth-order valence-electron chi connectivity index (χ4n) is 2.57. The van der Waals surface area contributed by atoms with Crippen LogP contribution in [-0.4, -0.2) is 24.2 Å². The molecule has 0 aromatic carbocycles. The quantitative estimate of drug-likeness (QED) is 0.649. The molecule has 1 rings (SSSR count). The third kappa shape index (κ3) is 6.28. The molecule has 1 fully saturated rings. The molecule has 112 valence electrons. The Balaban J connectivity index is 2.11. The third-order valence-electron chi connectivity index (χ3n) is 4.35.